The highest BCUT2D eigenvalue weighted by molar-refractivity contribution is 4.97. The summed E-state index contributed by atoms with van der Waals surface area (Å²) in [4.78, 5) is 3.10. The Morgan fingerprint density at radius 2 is 1.00 bits per heavy atom. The van der Waals surface area contributed by atoms with Crippen LogP contribution in [0.15, 0.2) is 0 Å². The van der Waals surface area contributed by atoms with E-state index in [1.807, 2.05) is 0 Å². The van der Waals surface area contributed by atoms with Crippen molar-refractivity contribution in [2.75, 3.05) is 0 Å². The van der Waals surface area contributed by atoms with Gasteiger partial charge in [-0.1, -0.05) is 57.8 Å². The summed E-state index contributed by atoms with van der Waals surface area (Å²) < 4.78 is 0. The van der Waals surface area contributed by atoms with Crippen LogP contribution in [0.5, 0.6) is 0 Å². The first-order chi connectivity index (χ1) is 9.80. The lowest BCUT2D eigenvalue weighted by molar-refractivity contribution is -0.0358. The van der Waals surface area contributed by atoms with Crippen LogP contribution in [0.25, 0.3) is 0 Å². The second-order valence-corrected chi connectivity index (χ2v) is 8.05. The van der Waals surface area contributed by atoms with E-state index >= 15 is 0 Å². The SMILES string of the molecule is CC1(N(C2CCCCC2)C2CCCCC2)CCCCC1. The number of nitrogens with zero attached hydrogens (tertiary/aromatic N) is 1. The van der Waals surface area contributed by atoms with E-state index in [1.165, 1.54) is 96.3 Å². The molecule has 0 spiro atoms. The highest BCUT2D eigenvalue weighted by Crippen LogP contribution is 2.41. The van der Waals surface area contributed by atoms with E-state index in [0.29, 0.717) is 5.54 Å². The molecule has 0 unspecified atom stereocenters. The maximum Gasteiger partial charge on any atom is 0.0187 e. The van der Waals surface area contributed by atoms with Crippen molar-refractivity contribution in [2.45, 2.75) is 121 Å². The molecule has 3 rings (SSSR count). The van der Waals surface area contributed by atoms with Gasteiger partial charge < -0.3 is 0 Å². The van der Waals surface area contributed by atoms with Gasteiger partial charge in [0.1, 0.15) is 0 Å². The molecule has 0 N–H and O–H groups in total. The zero-order chi connectivity index (χ0) is 13.8. The number of hydrogen-bond donors (Lipinski definition) is 0. The highest BCUT2D eigenvalue weighted by Gasteiger charge is 2.41. The average Bonchev–Trinajstić information content (AvgIpc) is 2.50. The van der Waals surface area contributed by atoms with Gasteiger partial charge in [-0.25, -0.2) is 0 Å². The summed E-state index contributed by atoms with van der Waals surface area (Å²) in [6, 6.07) is 1.85. The topological polar surface area (TPSA) is 3.24 Å². The zero-order valence-corrected chi connectivity index (χ0v) is 13.7. The molecule has 0 amide bonds. The summed E-state index contributed by atoms with van der Waals surface area (Å²) in [6.07, 6.45) is 22.3. The predicted octanol–water partition coefficient (Wildman–Crippen LogP) is 5.68. The quantitative estimate of drug-likeness (QED) is 0.642. The molecule has 1 heteroatoms. The molecular formula is C19H35N. The minimum atomic E-state index is 0.544. The Hall–Kier alpha value is -0.0400. The van der Waals surface area contributed by atoms with E-state index in [4.69, 9.17) is 0 Å². The molecule has 0 radical (unpaired) electrons. The average molecular weight is 277 g/mol. The molecule has 0 atom stereocenters. The van der Waals surface area contributed by atoms with Crippen molar-refractivity contribution in [2.24, 2.45) is 0 Å². The van der Waals surface area contributed by atoms with E-state index < -0.39 is 0 Å². The predicted molar refractivity (Wildman–Crippen MR) is 87.1 cm³/mol. The van der Waals surface area contributed by atoms with Crippen LogP contribution in [0.4, 0.5) is 0 Å². The van der Waals surface area contributed by atoms with E-state index in [-0.39, 0.29) is 0 Å². The minimum Gasteiger partial charge on any atom is -0.292 e. The van der Waals surface area contributed by atoms with Crippen molar-refractivity contribution < 1.29 is 0 Å². The lowest BCUT2D eigenvalue weighted by atomic mass is 9.76. The van der Waals surface area contributed by atoms with Crippen LogP contribution < -0.4 is 0 Å². The van der Waals surface area contributed by atoms with Gasteiger partial charge >= 0.3 is 0 Å². The lowest BCUT2D eigenvalue weighted by Crippen LogP contribution is -2.58. The molecule has 0 bridgehead atoms. The molecular weight excluding hydrogens is 242 g/mol. The molecule has 0 aliphatic heterocycles. The van der Waals surface area contributed by atoms with Crippen LogP contribution >= 0.6 is 0 Å². The van der Waals surface area contributed by atoms with Crippen LogP contribution in [0.3, 0.4) is 0 Å². The Morgan fingerprint density at radius 3 is 1.45 bits per heavy atom. The summed E-state index contributed by atoms with van der Waals surface area (Å²) in [5.41, 5.74) is 0.544. The van der Waals surface area contributed by atoms with Crippen molar-refractivity contribution >= 4 is 0 Å². The second kappa shape index (κ2) is 6.81. The van der Waals surface area contributed by atoms with Crippen LogP contribution in [-0.4, -0.2) is 22.5 Å². The summed E-state index contributed by atoms with van der Waals surface area (Å²) in [5, 5.41) is 0. The summed E-state index contributed by atoms with van der Waals surface area (Å²) >= 11 is 0. The maximum atomic E-state index is 3.10. The maximum absolute atomic E-state index is 3.10. The van der Waals surface area contributed by atoms with Gasteiger partial charge in [-0.3, -0.25) is 4.90 Å². The van der Waals surface area contributed by atoms with Crippen molar-refractivity contribution in [3.63, 3.8) is 0 Å². The van der Waals surface area contributed by atoms with Crippen molar-refractivity contribution in [3.8, 4) is 0 Å². The van der Waals surface area contributed by atoms with E-state index in [1.54, 1.807) is 0 Å². The number of rotatable bonds is 3. The van der Waals surface area contributed by atoms with Crippen LogP contribution in [0.2, 0.25) is 0 Å². The van der Waals surface area contributed by atoms with Crippen LogP contribution in [0, 0.1) is 0 Å². The Labute approximate surface area is 126 Å². The van der Waals surface area contributed by atoms with Gasteiger partial charge in [0, 0.05) is 17.6 Å². The normalized spacial score (nSPS) is 29.7. The van der Waals surface area contributed by atoms with Gasteiger partial charge in [0.05, 0.1) is 0 Å². The standard InChI is InChI=1S/C19H35N/c1-19(15-9-4-10-16-19)20(17-11-5-2-6-12-17)18-13-7-3-8-14-18/h17-18H,2-16H2,1H3. The third-order valence-electron chi connectivity index (χ3n) is 6.49. The largest absolute Gasteiger partial charge is 0.292 e. The van der Waals surface area contributed by atoms with Gasteiger partial charge in [0.15, 0.2) is 0 Å². The van der Waals surface area contributed by atoms with Gasteiger partial charge in [-0.05, 0) is 45.4 Å². The molecule has 0 saturated heterocycles. The Bertz CT molecular complexity index is 262. The number of hydrogen-bond acceptors (Lipinski definition) is 1. The molecule has 3 aliphatic carbocycles. The molecule has 116 valence electrons. The molecule has 0 heterocycles. The molecule has 3 saturated carbocycles. The van der Waals surface area contributed by atoms with Crippen molar-refractivity contribution in [1.82, 2.24) is 4.90 Å². The first kappa shape index (κ1) is 14.9. The lowest BCUT2D eigenvalue weighted by Gasteiger charge is -2.53. The van der Waals surface area contributed by atoms with Crippen LogP contribution in [0.1, 0.15) is 103 Å². The van der Waals surface area contributed by atoms with Gasteiger partial charge in [0.25, 0.3) is 0 Å². The fraction of sp³-hybridized carbons (Fsp3) is 1.00. The zero-order valence-electron chi connectivity index (χ0n) is 13.7. The van der Waals surface area contributed by atoms with Crippen LogP contribution in [-0.2, 0) is 0 Å². The van der Waals surface area contributed by atoms with Gasteiger partial charge in [0.2, 0.25) is 0 Å². The van der Waals surface area contributed by atoms with Gasteiger partial charge in [-0.2, -0.15) is 0 Å². The van der Waals surface area contributed by atoms with E-state index in [9.17, 15) is 0 Å². The highest BCUT2D eigenvalue weighted by atomic mass is 15.3. The second-order valence-electron chi connectivity index (χ2n) is 8.05. The van der Waals surface area contributed by atoms with Crippen molar-refractivity contribution in [3.05, 3.63) is 0 Å². The summed E-state index contributed by atoms with van der Waals surface area (Å²) in [6.45, 7) is 2.62. The Morgan fingerprint density at radius 1 is 0.600 bits per heavy atom. The summed E-state index contributed by atoms with van der Waals surface area (Å²) in [7, 11) is 0. The molecule has 20 heavy (non-hydrogen) atoms. The van der Waals surface area contributed by atoms with Gasteiger partial charge in [-0.15, -0.1) is 0 Å². The van der Waals surface area contributed by atoms with E-state index in [0.717, 1.165) is 12.1 Å². The Balaban J connectivity index is 1.77. The molecule has 1 nitrogen and oxygen atoms in total. The Kier molecular flexibility index (Phi) is 5.07. The monoisotopic (exact) mass is 277 g/mol. The third kappa shape index (κ3) is 3.24. The first-order valence-electron chi connectivity index (χ1n) is 9.58. The van der Waals surface area contributed by atoms with Crippen molar-refractivity contribution in [1.29, 1.82) is 0 Å². The fourth-order valence-electron chi connectivity index (χ4n) is 5.47. The fourth-order valence-corrected chi connectivity index (χ4v) is 5.47. The molecule has 3 fully saturated rings. The van der Waals surface area contributed by atoms with E-state index in [2.05, 4.69) is 11.8 Å². The molecule has 0 aromatic carbocycles. The minimum absolute atomic E-state index is 0.544. The first-order valence-corrected chi connectivity index (χ1v) is 9.58. The molecule has 0 aromatic rings. The summed E-state index contributed by atoms with van der Waals surface area (Å²) in [5.74, 6) is 0. The smallest absolute Gasteiger partial charge is 0.0187 e. The molecule has 3 aliphatic rings. The third-order valence-corrected chi connectivity index (χ3v) is 6.49. The molecule has 0 aromatic heterocycles.